The Morgan fingerprint density at radius 2 is 1.29 bits per heavy atom. The zero-order valence-corrected chi connectivity index (χ0v) is 33.4. The van der Waals surface area contributed by atoms with Crippen LogP contribution in [0.15, 0.2) is 205 Å². The van der Waals surface area contributed by atoms with Crippen LogP contribution in [0.1, 0.15) is 47.2 Å². The first-order valence-corrected chi connectivity index (χ1v) is 19.8. The Morgan fingerprint density at radius 1 is 0.621 bits per heavy atom. The molecule has 58 heavy (non-hydrogen) atoms. The topological polar surface area (TPSA) is 37.6 Å². The third kappa shape index (κ3) is 8.91. The Hall–Kier alpha value is -7.23. The van der Waals surface area contributed by atoms with Gasteiger partial charge in [0.15, 0.2) is 0 Å². The van der Waals surface area contributed by atoms with Crippen molar-refractivity contribution in [2.45, 2.75) is 27.3 Å². The number of rotatable bonds is 11. The molecule has 0 saturated heterocycles. The molecule has 1 aromatic heterocycles. The van der Waals surface area contributed by atoms with Gasteiger partial charge >= 0.3 is 0 Å². The van der Waals surface area contributed by atoms with E-state index in [-0.39, 0.29) is 0 Å². The normalized spacial score (nSPS) is 11.7. The van der Waals surface area contributed by atoms with E-state index in [0.29, 0.717) is 6.54 Å². The summed E-state index contributed by atoms with van der Waals surface area (Å²) in [6.07, 6.45) is 8.15. The molecule has 1 heterocycles. The smallest absolute Gasteiger partial charge is 0.0737 e. The predicted octanol–water partition coefficient (Wildman–Crippen LogP) is 14.5. The Morgan fingerprint density at radius 3 is 2.07 bits per heavy atom. The van der Waals surface area contributed by atoms with Crippen molar-refractivity contribution >= 4 is 51.5 Å². The van der Waals surface area contributed by atoms with Crippen molar-refractivity contribution in [3.05, 3.63) is 228 Å². The molecule has 0 N–H and O–H groups in total. The summed E-state index contributed by atoms with van der Waals surface area (Å²) in [5.41, 5.74) is 14.3. The Labute approximate surface area is 342 Å². The molecule has 3 nitrogen and oxygen atoms in total. The molecule has 3 heteroatoms. The number of nitrogens with zero attached hydrogens (tertiary/aromatic N) is 3. The van der Waals surface area contributed by atoms with Crippen LogP contribution in [0.4, 0.5) is 0 Å². The first-order valence-electron chi connectivity index (χ1n) is 19.8. The van der Waals surface area contributed by atoms with Crippen molar-refractivity contribution in [2.75, 3.05) is 0 Å². The van der Waals surface area contributed by atoms with Crippen molar-refractivity contribution in [2.24, 2.45) is 9.98 Å². The lowest BCUT2D eigenvalue weighted by molar-refractivity contribution is 1.07. The van der Waals surface area contributed by atoms with Crippen LogP contribution in [0.25, 0.3) is 61.3 Å². The number of aliphatic imine (C=N–C) groups is 2. The molecule has 0 amide bonds. The standard InChI is InChI=1S/C53H41N3.C2H6/c1-37(23-24-40-25-30-45-20-13-31-55-53(45)38(40)2)46-32-47(50-22-12-19-43-18-10-11-21-49(43)50)34-48(33-46)52(56-36-39-14-6-4-7-15-39)35-51(54-3)44-28-26-42(27-29-44)41-16-8-5-9-17-41;1-2/h4-35H,1,3,36H2,2H3;1-2H3/b24-23-,51-35-,56-52?;. The summed E-state index contributed by atoms with van der Waals surface area (Å²) in [6.45, 7) is 15.2. The van der Waals surface area contributed by atoms with E-state index in [0.717, 1.165) is 78.0 Å². The van der Waals surface area contributed by atoms with Crippen LogP contribution in [0.2, 0.25) is 0 Å². The summed E-state index contributed by atoms with van der Waals surface area (Å²) in [4.78, 5) is 14.5. The van der Waals surface area contributed by atoms with Gasteiger partial charge in [-0.3, -0.25) is 15.0 Å². The number of fused-ring (bicyclic) bond motifs is 2. The fourth-order valence-electron chi connectivity index (χ4n) is 7.16. The number of hydrogen-bond acceptors (Lipinski definition) is 3. The van der Waals surface area contributed by atoms with E-state index in [1.165, 1.54) is 16.3 Å². The number of benzene rings is 7. The molecule has 0 bridgehead atoms. The maximum Gasteiger partial charge on any atom is 0.0737 e. The largest absolute Gasteiger partial charge is 0.280 e. The van der Waals surface area contributed by atoms with Crippen LogP contribution in [0, 0.1) is 6.92 Å². The third-order valence-corrected chi connectivity index (χ3v) is 10.2. The van der Waals surface area contributed by atoms with E-state index >= 15 is 0 Å². The fraction of sp³-hybridized carbons (Fsp3) is 0.0727. The van der Waals surface area contributed by atoms with Gasteiger partial charge in [-0.1, -0.05) is 178 Å². The van der Waals surface area contributed by atoms with Gasteiger partial charge in [-0.05, 0) is 105 Å². The van der Waals surface area contributed by atoms with Gasteiger partial charge < -0.3 is 0 Å². The highest BCUT2D eigenvalue weighted by atomic mass is 14.8. The maximum absolute atomic E-state index is 5.27. The van der Waals surface area contributed by atoms with Crippen molar-refractivity contribution in [3.63, 3.8) is 0 Å². The molecule has 0 aliphatic rings. The van der Waals surface area contributed by atoms with Gasteiger partial charge in [-0.2, -0.15) is 0 Å². The molecular formula is C55H47N3. The van der Waals surface area contributed by atoms with E-state index < -0.39 is 0 Å². The summed E-state index contributed by atoms with van der Waals surface area (Å²) in [5.74, 6) is 0. The molecule has 0 aliphatic heterocycles. The van der Waals surface area contributed by atoms with Crippen LogP contribution in [0.5, 0.6) is 0 Å². The Bertz CT molecular complexity index is 2790. The highest BCUT2D eigenvalue weighted by Gasteiger charge is 2.13. The molecule has 8 aromatic rings. The molecular weight excluding hydrogens is 703 g/mol. The first-order chi connectivity index (χ1) is 28.5. The maximum atomic E-state index is 5.27. The van der Waals surface area contributed by atoms with Gasteiger partial charge in [-0.25, -0.2) is 0 Å². The van der Waals surface area contributed by atoms with Gasteiger partial charge in [0.2, 0.25) is 0 Å². The third-order valence-electron chi connectivity index (χ3n) is 10.2. The minimum absolute atomic E-state index is 0.508. The van der Waals surface area contributed by atoms with Crippen LogP contribution < -0.4 is 0 Å². The Kier molecular flexibility index (Phi) is 12.5. The summed E-state index contributed by atoms with van der Waals surface area (Å²) >= 11 is 0. The predicted molar refractivity (Wildman–Crippen MR) is 251 cm³/mol. The zero-order chi connectivity index (χ0) is 40.3. The minimum Gasteiger partial charge on any atom is -0.280 e. The quantitative estimate of drug-likeness (QED) is 0.0958. The van der Waals surface area contributed by atoms with Crippen molar-refractivity contribution in [1.29, 1.82) is 0 Å². The van der Waals surface area contributed by atoms with Crippen molar-refractivity contribution < 1.29 is 0 Å². The molecule has 0 saturated carbocycles. The van der Waals surface area contributed by atoms with Crippen LogP contribution in [0.3, 0.4) is 0 Å². The van der Waals surface area contributed by atoms with E-state index in [4.69, 9.17) is 4.99 Å². The number of pyridine rings is 1. The second kappa shape index (κ2) is 18.6. The zero-order valence-electron chi connectivity index (χ0n) is 33.4. The van der Waals surface area contributed by atoms with Gasteiger partial charge in [0.25, 0.3) is 0 Å². The van der Waals surface area contributed by atoms with Crippen LogP contribution in [-0.2, 0) is 6.54 Å². The lowest BCUT2D eigenvalue weighted by Crippen LogP contribution is -2.02. The number of allylic oxidation sites excluding steroid dienone is 3. The average Bonchev–Trinajstić information content (AvgIpc) is 3.30. The molecule has 0 spiro atoms. The second-order valence-electron chi connectivity index (χ2n) is 13.9. The number of aryl methyl sites for hydroxylation is 1. The molecule has 0 aliphatic carbocycles. The molecule has 0 radical (unpaired) electrons. The monoisotopic (exact) mass is 749 g/mol. The highest BCUT2D eigenvalue weighted by Crippen LogP contribution is 2.33. The van der Waals surface area contributed by atoms with Crippen molar-refractivity contribution in [1.82, 2.24) is 4.98 Å². The van der Waals surface area contributed by atoms with E-state index in [1.54, 1.807) is 0 Å². The van der Waals surface area contributed by atoms with Crippen LogP contribution in [-0.4, -0.2) is 17.4 Å². The summed E-state index contributed by atoms with van der Waals surface area (Å²) in [7, 11) is 0. The number of hydrogen-bond donors (Lipinski definition) is 0. The molecule has 0 unspecified atom stereocenters. The molecule has 0 fully saturated rings. The first kappa shape index (κ1) is 39.0. The lowest BCUT2D eigenvalue weighted by Gasteiger charge is -2.14. The minimum atomic E-state index is 0.508. The van der Waals surface area contributed by atoms with Gasteiger partial charge in [-0.15, -0.1) is 0 Å². The Balaban J connectivity index is 0.00000252. The summed E-state index contributed by atoms with van der Waals surface area (Å²) in [6, 6.07) is 59.2. The van der Waals surface area contributed by atoms with E-state index in [9.17, 15) is 0 Å². The van der Waals surface area contributed by atoms with Gasteiger partial charge in [0.05, 0.1) is 23.5 Å². The molecule has 282 valence electrons. The van der Waals surface area contributed by atoms with E-state index in [1.807, 2.05) is 50.4 Å². The lowest BCUT2D eigenvalue weighted by atomic mass is 9.91. The fourth-order valence-corrected chi connectivity index (χ4v) is 7.16. The molecule has 8 rings (SSSR count). The van der Waals surface area contributed by atoms with Crippen LogP contribution >= 0.6 is 0 Å². The van der Waals surface area contributed by atoms with Crippen molar-refractivity contribution in [3.8, 4) is 22.3 Å². The van der Waals surface area contributed by atoms with Gasteiger partial charge in [0.1, 0.15) is 0 Å². The molecule has 0 atom stereocenters. The second-order valence-corrected chi connectivity index (χ2v) is 13.9. The SMILES string of the molecule is C=N/C(=C\C(=NCc1ccccc1)c1cc(C(=C)/C=C\c2ccc3cccnc3c2C)cc(-c2cccc3ccccc23)c1)c1ccc(-c2ccccc2)cc1.CC. The highest BCUT2D eigenvalue weighted by molar-refractivity contribution is 6.14. The summed E-state index contributed by atoms with van der Waals surface area (Å²) < 4.78 is 0. The van der Waals surface area contributed by atoms with E-state index in [2.05, 4.69) is 188 Å². The molecule has 7 aromatic carbocycles. The number of aromatic nitrogens is 1. The van der Waals surface area contributed by atoms with Gasteiger partial charge in [0, 0.05) is 22.7 Å². The average molecular weight is 750 g/mol. The summed E-state index contributed by atoms with van der Waals surface area (Å²) in [5, 5.41) is 3.50.